The van der Waals surface area contributed by atoms with Gasteiger partial charge in [-0.2, -0.15) is 0 Å². The van der Waals surface area contributed by atoms with Crippen LogP contribution in [0.5, 0.6) is 0 Å². The van der Waals surface area contributed by atoms with Gasteiger partial charge in [-0.05, 0) is 18.2 Å². The maximum absolute atomic E-state index is 13.4. The molecule has 3 aromatic rings. The van der Waals surface area contributed by atoms with Gasteiger partial charge in [-0.3, -0.25) is 4.79 Å². The molecule has 3 nitrogen and oxygen atoms in total. The Labute approximate surface area is 125 Å². The maximum atomic E-state index is 13.4. The van der Waals surface area contributed by atoms with Gasteiger partial charge in [0.25, 0.3) is 5.56 Å². The van der Waals surface area contributed by atoms with Crippen molar-refractivity contribution in [3.63, 3.8) is 0 Å². The highest BCUT2D eigenvalue weighted by molar-refractivity contribution is 6.33. The molecule has 0 atom stereocenters. The predicted molar refractivity (Wildman–Crippen MR) is 80.7 cm³/mol. The van der Waals surface area contributed by atoms with Crippen LogP contribution in [0.3, 0.4) is 0 Å². The quantitative estimate of drug-likeness (QED) is 0.780. The highest BCUT2D eigenvalue weighted by Crippen LogP contribution is 2.27. The van der Waals surface area contributed by atoms with Crippen LogP contribution in [0.15, 0.2) is 59.4 Å². The molecule has 0 saturated heterocycles. The fourth-order valence-corrected chi connectivity index (χ4v) is 2.24. The number of rotatable bonds is 2. The topological polar surface area (TPSA) is 45.8 Å². The Morgan fingerprint density at radius 2 is 1.81 bits per heavy atom. The lowest BCUT2D eigenvalue weighted by Crippen LogP contribution is -2.08. The van der Waals surface area contributed by atoms with Crippen LogP contribution in [-0.2, 0) is 0 Å². The van der Waals surface area contributed by atoms with E-state index in [0.29, 0.717) is 22.1 Å². The third-order valence-electron chi connectivity index (χ3n) is 2.99. The third kappa shape index (κ3) is 2.85. The molecule has 0 fully saturated rings. The van der Waals surface area contributed by atoms with Crippen LogP contribution >= 0.6 is 11.6 Å². The minimum Gasteiger partial charge on any atom is -0.306 e. The zero-order valence-corrected chi connectivity index (χ0v) is 11.6. The maximum Gasteiger partial charge on any atom is 0.251 e. The van der Waals surface area contributed by atoms with Crippen LogP contribution in [0.25, 0.3) is 22.6 Å². The SMILES string of the molecule is O=c1cc(-c2cc(F)ccc2Cl)nc(-c2ccccc2)[nH]1. The molecule has 3 rings (SSSR count). The number of H-pyrrole nitrogens is 1. The molecule has 0 bridgehead atoms. The Hall–Kier alpha value is -2.46. The summed E-state index contributed by atoms with van der Waals surface area (Å²) in [5, 5.41) is 0.341. The molecule has 1 N–H and O–H groups in total. The normalized spacial score (nSPS) is 10.6. The van der Waals surface area contributed by atoms with E-state index in [2.05, 4.69) is 9.97 Å². The van der Waals surface area contributed by atoms with Gasteiger partial charge in [-0.25, -0.2) is 9.37 Å². The minimum absolute atomic E-state index is 0.320. The average molecular weight is 301 g/mol. The Balaban J connectivity index is 2.19. The highest BCUT2D eigenvalue weighted by atomic mass is 35.5. The third-order valence-corrected chi connectivity index (χ3v) is 3.32. The van der Waals surface area contributed by atoms with Gasteiger partial charge in [0.05, 0.1) is 10.7 Å². The molecular formula is C16H10ClFN2O. The number of nitrogens with one attached hydrogen (secondary N) is 1. The van der Waals surface area contributed by atoms with Gasteiger partial charge in [0.1, 0.15) is 11.6 Å². The van der Waals surface area contributed by atoms with Crippen LogP contribution in [0.2, 0.25) is 5.02 Å². The fraction of sp³-hybridized carbons (Fsp3) is 0. The summed E-state index contributed by atoms with van der Waals surface area (Å²) in [7, 11) is 0. The summed E-state index contributed by atoms with van der Waals surface area (Å²) in [5.41, 5.74) is 1.17. The van der Waals surface area contributed by atoms with Gasteiger partial charge in [-0.15, -0.1) is 0 Å². The molecule has 104 valence electrons. The van der Waals surface area contributed by atoms with E-state index in [1.807, 2.05) is 30.3 Å². The molecule has 0 amide bonds. The van der Waals surface area contributed by atoms with E-state index in [9.17, 15) is 9.18 Å². The Kier molecular flexibility index (Phi) is 3.54. The number of nitrogens with zero attached hydrogens (tertiary/aromatic N) is 1. The summed E-state index contributed by atoms with van der Waals surface area (Å²) in [6.07, 6.45) is 0. The van der Waals surface area contributed by atoms with Gasteiger partial charge in [-0.1, -0.05) is 41.9 Å². The largest absolute Gasteiger partial charge is 0.306 e. The number of hydrogen-bond acceptors (Lipinski definition) is 2. The van der Waals surface area contributed by atoms with Crippen molar-refractivity contribution < 1.29 is 4.39 Å². The van der Waals surface area contributed by atoms with Gasteiger partial charge < -0.3 is 4.98 Å². The van der Waals surface area contributed by atoms with Gasteiger partial charge in [0.2, 0.25) is 0 Å². The predicted octanol–water partition coefficient (Wildman–Crippen LogP) is 3.90. The van der Waals surface area contributed by atoms with Gasteiger partial charge in [0, 0.05) is 17.2 Å². The van der Waals surface area contributed by atoms with Crippen LogP contribution in [0.4, 0.5) is 4.39 Å². The van der Waals surface area contributed by atoms with Crippen molar-refractivity contribution in [3.05, 3.63) is 75.8 Å². The lowest BCUT2D eigenvalue weighted by Gasteiger charge is -2.06. The number of hydrogen-bond donors (Lipinski definition) is 1. The Morgan fingerprint density at radius 3 is 2.57 bits per heavy atom. The zero-order valence-electron chi connectivity index (χ0n) is 10.8. The summed E-state index contributed by atoms with van der Waals surface area (Å²) in [6.45, 7) is 0. The van der Waals surface area contributed by atoms with E-state index in [1.54, 1.807) is 0 Å². The second kappa shape index (κ2) is 5.50. The van der Waals surface area contributed by atoms with E-state index < -0.39 is 5.82 Å². The molecule has 0 unspecified atom stereocenters. The smallest absolute Gasteiger partial charge is 0.251 e. The molecule has 0 aliphatic rings. The van der Waals surface area contributed by atoms with Gasteiger partial charge >= 0.3 is 0 Å². The molecule has 0 radical (unpaired) electrons. The molecule has 0 aliphatic carbocycles. The number of aromatic amines is 1. The first kappa shape index (κ1) is 13.5. The van der Waals surface area contributed by atoms with E-state index in [4.69, 9.17) is 11.6 Å². The number of halogens is 2. The van der Waals surface area contributed by atoms with Crippen LogP contribution in [-0.4, -0.2) is 9.97 Å². The minimum atomic E-state index is -0.433. The monoisotopic (exact) mass is 300 g/mol. The highest BCUT2D eigenvalue weighted by Gasteiger charge is 2.10. The van der Waals surface area contributed by atoms with Crippen molar-refractivity contribution in [2.24, 2.45) is 0 Å². The van der Waals surface area contributed by atoms with Crippen molar-refractivity contribution in [1.82, 2.24) is 9.97 Å². The van der Waals surface area contributed by atoms with Crippen LogP contribution in [0.1, 0.15) is 0 Å². The zero-order chi connectivity index (χ0) is 14.8. The summed E-state index contributed by atoms with van der Waals surface area (Å²) in [4.78, 5) is 18.9. The first-order valence-electron chi connectivity index (χ1n) is 6.26. The second-order valence-electron chi connectivity index (χ2n) is 4.47. The molecule has 1 aromatic heterocycles. The summed E-state index contributed by atoms with van der Waals surface area (Å²) < 4.78 is 13.4. The molecule has 0 spiro atoms. The van der Waals surface area contributed by atoms with Gasteiger partial charge in [0.15, 0.2) is 0 Å². The average Bonchev–Trinajstić information content (AvgIpc) is 2.50. The summed E-state index contributed by atoms with van der Waals surface area (Å²) >= 11 is 6.06. The van der Waals surface area contributed by atoms with E-state index in [0.717, 1.165) is 5.56 Å². The lowest BCUT2D eigenvalue weighted by molar-refractivity contribution is 0.628. The van der Waals surface area contributed by atoms with Crippen molar-refractivity contribution in [2.75, 3.05) is 0 Å². The summed E-state index contributed by atoms with van der Waals surface area (Å²) in [5.74, 6) is -0.0174. The molecule has 21 heavy (non-hydrogen) atoms. The molecular weight excluding hydrogens is 291 g/mol. The first-order chi connectivity index (χ1) is 10.1. The van der Waals surface area contributed by atoms with E-state index in [1.165, 1.54) is 24.3 Å². The first-order valence-corrected chi connectivity index (χ1v) is 6.63. The molecule has 0 aliphatic heterocycles. The second-order valence-corrected chi connectivity index (χ2v) is 4.88. The van der Waals surface area contributed by atoms with Crippen molar-refractivity contribution in [2.45, 2.75) is 0 Å². The fourth-order valence-electron chi connectivity index (χ4n) is 2.02. The number of benzene rings is 2. The van der Waals surface area contributed by atoms with E-state index in [-0.39, 0.29) is 5.56 Å². The number of aromatic nitrogens is 2. The Morgan fingerprint density at radius 1 is 1.05 bits per heavy atom. The molecule has 5 heteroatoms. The van der Waals surface area contributed by atoms with Crippen LogP contribution < -0.4 is 5.56 Å². The van der Waals surface area contributed by atoms with Crippen molar-refractivity contribution in [1.29, 1.82) is 0 Å². The molecule has 1 heterocycles. The molecule has 0 saturated carbocycles. The van der Waals surface area contributed by atoms with Crippen LogP contribution in [0, 0.1) is 5.82 Å². The standard InChI is InChI=1S/C16H10ClFN2O/c17-13-7-6-11(18)8-12(13)14-9-15(21)20-16(19-14)10-4-2-1-3-5-10/h1-9H,(H,19,20,21). The summed E-state index contributed by atoms with van der Waals surface area (Å²) in [6, 6.07) is 14.5. The van der Waals surface area contributed by atoms with E-state index >= 15 is 0 Å². The van der Waals surface area contributed by atoms with Crippen molar-refractivity contribution >= 4 is 11.6 Å². The lowest BCUT2D eigenvalue weighted by atomic mass is 10.1. The molecule has 2 aromatic carbocycles. The Bertz CT molecular complexity index is 846. The van der Waals surface area contributed by atoms with Crippen molar-refractivity contribution in [3.8, 4) is 22.6 Å².